The molecule has 0 aliphatic carbocycles. The number of benzene rings is 2. The van der Waals surface area contributed by atoms with Gasteiger partial charge < -0.3 is 24.8 Å². The van der Waals surface area contributed by atoms with Gasteiger partial charge in [0.2, 0.25) is 0 Å². The van der Waals surface area contributed by atoms with Crippen molar-refractivity contribution >= 4 is 40.1 Å². The third-order valence-corrected chi connectivity index (χ3v) is 5.95. The van der Waals surface area contributed by atoms with Crippen molar-refractivity contribution in [1.29, 1.82) is 0 Å². The van der Waals surface area contributed by atoms with Gasteiger partial charge in [-0.25, -0.2) is 19.2 Å². The predicted molar refractivity (Wildman–Crippen MR) is 140 cm³/mol. The number of amides is 1. The lowest BCUT2D eigenvalue weighted by atomic mass is 10.1. The van der Waals surface area contributed by atoms with Crippen molar-refractivity contribution in [1.82, 2.24) is 20.2 Å². The van der Waals surface area contributed by atoms with E-state index in [0.29, 0.717) is 35.1 Å². The highest BCUT2D eigenvalue weighted by molar-refractivity contribution is 6.31. The van der Waals surface area contributed by atoms with Crippen LogP contribution in [0.2, 0.25) is 5.02 Å². The molecule has 198 valence electrons. The standard InChI is InChI=1S/C26H31ClFN5O4/c1-26(2,3)37-25(34)32-17-13-33(14-17)8-5-9-36-23-11-18-21(12-22(23)35-4)29-15-30-24(18)31-16-6-7-20(28)19(27)10-16/h6-7,10-12,15,17H,5,8-9,13-14H2,1-4H3,(H,32,34)(H,29,30,31). The summed E-state index contributed by atoms with van der Waals surface area (Å²) in [4.78, 5) is 22.8. The van der Waals surface area contributed by atoms with Gasteiger partial charge >= 0.3 is 6.09 Å². The number of nitrogens with zero attached hydrogens (tertiary/aromatic N) is 3. The van der Waals surface area contributed by atoms with Crippen molar-refractivity contribution in [2.45, 2.75) is 38.8 Å². The fourth-order valence-electron chi connectivity index (χ4n) is 3.93. The molecule has 0 atom stereocenters. The molecule has 9 nitrogen and oxygen atoms in total. The lowest BCUT2D eigenvalue weighted by Gasteiger charge is -2.39. The highest BCUT2D eigenvalue weighted by atomic mass is 35.5. The van der Waals surface area contributed by atoms with Gasteiger partial charge in [-0.3, -0.25) is 4.90 Å². The number of alkyl carbamates (subject to hydrolysis) is 1. The number of carbonyl (C=O) groups is 1. The largest absolute Gasteiger partial charge is 0.493 e. The number of methoxy groups -OCH3 is 1. The summed E-state index contributed by atoms with van der Waals surface area (Å²) >= 11 is 5.91. The van der Waals surface area contributed by atoms with Crippen LogP contribution in [0.4, 0.5) is 20.7 Å². The van der Waals surface area contributed by atoms with Crippen LogP contribution in [-0.2, 0) is 4.74 Å². The normalized spacial score (nSPS) is 14.2. The number of ether oxygens (including phenoxy) is 3. The third kappa shape index (κ3) is 7.11. The summed E-state index contributed by atoms with van der Waals surface area (Å²) < 4.78 is 30.4. The van der Waals surface area contributed by atoms with E-state index in [1.807, 2.05) is 26.8 Å². The zero-order valence-electron chi connectivity index (χ0n) is 21.3. The molecular weight excluding hydrogens is 501 g/mol. The summed E-state index contributed by atoms with van der Waals surface area (Å²) in [6.45, 7) is 8.40. The monoisotopic (exact) mass is 531 g/mol. The molecule has 0 bridgehead atoms. The Kier molecular flexibility index (Phi) is 8.19. The molecule has 1 aliphatic heterocycles. The Morgan fingerprint density at radius 2 is 1.97 bits per heavy atom. The molecule has 0 unspecified atom stereocenters. The summed E-state index contributed by atoms with van der Waals surface area (Å²) in [7, 11) is 1.58. The topological polar surface area (TPSA) is 97.8 Å². The SMILES string of the molecule is COc1cc2ncnc(Nc3ccc(F)c(Cl)c3)c2cc1OCCCN1CC(NC(=O)OC(C)(C)C)C1. The van der Waals surface area contributed by atoms with Crippen LogP contribution in [0.3, 0.4) is 0 Å². The first-order chi connectivity index (χ1) is 17.6. The molecule has 1 aromatic heterocycles. The number of likely N-dealkylation sites (tertiary alicyclic amines) is 1. The van der Waals surface area contributed by atoms with Gasteiger partial charge in [0.25, 0.3) is 0 Å². The third-order valence-electron chi connectivity index (χ3n) is 5.66. The minimum Gasteiger partial charge on any atom is -0.493 e. The quantitative estimate of drug-likeness (QED) is 0.366. The van der Waals surface area contributed by atoms with Crippen LogP contribution in [0.5, 0.6) is 11.5 Å². The molecule has 37 heavy (non-hydrogen) atoms. The van der Waals surface area contributed by atoms with Gasteiger partial charge in [0.05, 0.1) is 30.3 Å². The number of halogens is 2. The van der Waals surface area contributed by atoms with Crippen molar-refractivity contribution in [2.75, 3.05) is 38.7 Å². The number of hydrogen-bond donors (Lipinski definition) is 2. The van der Waals surface area contributed by atoms with Gasteiger partial charge in [-0.2, -0.15) is 0 Å². The van der Waals surface area contributed by atoms with E-state index in [9.17, 15) is 9.18 Å². The number of nitrogens with one attached hydrogen (secondary N) is 2. The molecular formula is C26H31ClFN5O4. The molecule has 0 radical (unpaired) electrons. The van der Waals surface area contributed by atoms with E-state index in [0.717, 1.165) is 31.4 Å². The smallest absolute Gasteiger partial charge is 0.407 e. The maximum atomic E-state index is 13.5. The summed E-state index contributed by atoms with van der Waals surface area (Å²) in [6, 6.07) is 8.08. The summed E-state index contributed by atoms with van der Waals surface area (Å²) in [6.07, 6.45) is 1.85. The molecule has 0 saturated carbocycles. The van der Waals surface area contributed by atoms with Crippen molar-refractivity contribution in [3.05, 3.63) is 47.5 Å². The van der Waals surface area contributed by atoms with Gasteiger partial charge in [0.15, 0.2) is 11.5 Å². The van der Waals surface area contributed by atoms with Crippen molar-refractivity contribution in [3.63, 3.8) is 0 Å². The minimum absolute atomic E-state index is 0.0168. The zero-order valence-corrected chi connectivity index (χ0v) is 22.1. The first-order valence-corrected chi connectivity index (χ1v) is 12.4. The lowest BCUT2D eigenvalue weighted by Crippen LogP contribution is -2.59. The van der Waals surface area contributed by atoms with Crippen molar-refractivity contribution < 1.29 is 23.4 Å². The second-order valence-corrected chi connectivity index (χ2v) is 10.2. The van der Waals surface area contributed by atoms with Crippen molar-refractivity contribution in [3.8, 4) is 11.5 Å². The fraction of sp³-hybridized carbons (Fsp3) is 0.423. The number of carbonyl (C=O) groups excluding carboxylic acids is 1. The molecule has 3 aromatic rings. The Hall–Kier alpha value is -3.37. The van der Waals surface area contributed by atoms with E-state index in [2.05, 4.69) is 25.5 Å². The highest BCUT2D eigenvalue weighted by Crippen LogP contribution is 2.35. The van der Waals surface area contributed by atoms with Gasteiger partial charge in [0.1, 0.15) is 23.6 Å². The van der Waals surface area contributed by atoms with Crippen LogP contribution < -0.4 is 20.1 Å². The molecule has 4 rings (SSSR count). The Morgan fingerprint density at radius 1 is 1.19 bits per heavy atom. The maximum absolute atomic E-state index is 13.5. The molecule has 2 heterocycles. The Morgan fingerprint density at radius 3 is 2.68 bits per heavy atom. The predicted octanol–water partition coefficient (Wildman–Crippen LogP) is 5.15. The summed E-state index contributed by atoms with van der Waals surface area (Å²) in [5.41, 5.74) is 0.754. The lowest BCUT2D eigenvalue weighted by molar-refractivity contribution is 0.0396. The average molecular weight is 532 g/mol. The van der Waals surface area contributed by atoms with E-state index >= 15 is 0 Å². The number of anilines is 2. The summed E-state index contributed by atoms with van der Waals surface area (Å²) in [5.74, 6) is 1.17. The van der Waals surface area contributed by atoms with E-state index in [1.165, 1.54) is 18.5 Å². The van der Waals surface area contributed by atoms with Crippen LogP contribution in [-0.4, -0.2) is 66.0 Å². The number of rotatable bonds is 9. The van der Waals surface area contributed by atoms with Gasteiger partial charge in [-0.15, -0.1) is 0 Å². The zero-order chi connectivity index (χ0) is 26.6. The maximum Gasteiger partial charge on any atom is 0.407 e. The van der Waals surface area contributed by atoms with E-state index in [1.54, 1.807) is 19.2 Å². The second kappa shape index (κ2) is 11.4. The highest BCUT2D eigenvalue weighted by Gasteiger charge is 2.29. The number of fused-ring (bicyclic) bond motifs is 1. The molecule has 11 heteroatoms. The van der Waals surface area contributed by atoms with Gasteiger partial charge in [0, 0.05) is 36.8 Å². The Balaban J connectivity index is 1.33. The second-order valence-electron chi connectivity index (χ2n) is 9.80. The first-order valence-electron chi connectivity index (χ1n) is 12.0. The van der Waals surface area contributed by atoms with E-state index < -0.39 is 11.4 Å². The number of hydrogen-bond acceptors (Lipinski definition) is 8. The van der Waals surface area contributed by atoms with Crippen LogP contribution in [0, 0.1) is 5.82 Å². The van der Waals surface area contributed by atoms with Gasteiger partial charge in [-0.05, 0) is 51.5 Å². The first kappa shape index (κ1) is 26.7. The molecule has 1 fully saturated rings. The average Bonchev–Trinajstić information content (AvgIpc) is 2.80. The van der Waals surface area contributed by atoms with Crippen LogP contribution in [0.25, 0.3) is 10.9 Å². The Labute approximate surface area is 220 Å². The summed E-state index contributed by atoms with van der Waals surface area (Å²) in [5, 5.41) is 6.78. The van der Waals surface area contributed by atoms with Crippen LogP contribution in [0.1, 0.15) is 27.2 Å². The van der Waals surface area contributed by atoms with Crippen molar-refractivity contribution in [2.24, 2.45) is 0 Å². The van der Waals surface area contributed by atoms with Gasteiger partial charge in [-0.1, -0.05) is 11.6 Å². The molecule has 2 aromatic carbocycles. The Bertz CT molecular complexity index is 1260. The van der Waals surface area contributed by atoms with Crippen LogP contribution in [0.15, 0.2) is 36.7 Å². The molecule has 1 amide bonds. The van der Waals surface area contributed by atoms with E-state index in [4.69, 9.17) is 25.8 Å². The molecule has 1 saturated heterocycles. The molecule has 2 N–H and O–H groups in total. The number of aromatic nitrogens is 2. The fourth-order valence-corrected chi connectivity index (χ4v) is 4.12. The molecule has 0 spiro atoms. The van der Waals surface area contributed by atoms with E-state index in [-0.39, 0.29) is 17.2 Å². The van der Waals surface area contributed by atoms with Crippen LogP contribution >= 0.6 is 11.6 Å². The molecule has 1 aliphatic rings. The minimum atomic E-state index is -0.508.